The Kier molecular flexibility index (Phi) is 6.66. The van der Waals surface area contributed by atoms with Gasteiger partial charge in [0.2, 0.25) is 0 Å². The quantitative estimate of drug-likeness (QED) is 0.333. The molecule has 188 valence electrons. The Bertz CT molecular complexity index is 1380. The number of nitrogens with one attached hydrogen (secondary N) is 2. The molecule has 36 heavy (non-hydrogen) atoms. The number of amides is 1. The lowest BCUT2D eigenvalue weighted by Gasteiger charge is -2.33. The molecule has 0 fully saturated rings. The molecular weight excluding hydrogens is 534 g/mol. The fourth-order valence-electron chi connectivity index (χ4n) is 4.75. The van der Waals surface area contributed by atoms with Crippen molar-refractivity contribution in [2.24, 2.45) is 0 Å². The van der Waals surface area contributed by atoms with Crippen molar-refractivity contribution in [3.05, 3.63) is 61.6 Å². The molecular formula is C24H20Cl2F3N5OS. The van der Waals surface area contributed by atoms with E-state index in [4.69, 9.17) is 23.2 Å². The van der Waals surface area contributed by atoms with Gasteiger partial charge in [-0.3, -0.25) is 4.79 Å². The minimum Gasteiger partial charge on any atom is -0.363 e. The summed E-state index contributed by atoms with van der Waals surface area (Å²) in [6.07, 6.45) is -0.232. The van der Waals surface area contributed by atoms with Crippen molar-refractivity contribution in [2.75, 3.05) is 10.6 Å². The van der Waals surface area contributed by atoms with Crippen LogP contribution in [0.25, 0.3) is 0 Å². The number of nitriles is 1. The van der Waals surface area contributed by atoms with Crippen LogP contribution < -0.4 is 10.6 Å². The first-order chi connectivity index (χ1) is 17.2. The molecule has 1 aliphatic heterocycles. The lowest BCUT2D eigenvalue weighted by atomic mass is 9.97. The van der Waals surface area contributed by atoms with Crippen LogP contribution in [0.1, 0.15) is 69.8 Å². The van der Waals surface area contributed by atoms with Gasteiger partial charge in [-0.2, -0.15) is 23.5 Å². The van der Waals surface area contributed by atoms with Gasteiger partial charge in [0.1, 0.15) is 16.9 Å². The Morgan fingerprint density at radius 1 is 1.19 bits per heavy atom. The number of halogens is 5. The number of rotatable bonds is 3. The second-order valence-electron chi connectivity index (χ2n) is 8.86. The number of alkyl halides is 3. The standard InChI is InChI=1S/C24H20Cl2F3N5OS/c25-15-7-6-12(8-16(15)26)17-9-20(24(27,28)29)34-21(31-17)10-18(33-34)22(35)32-23-14(11-30)13-4-2-1-3-5-19(13)36-23/h6-8,10,17,20,31H,1-5,9H2,(H,32,35)/t17-,20-/m1/s1. The Hall–Kier alpha value is -2.74. The highest BCUT2D eigenvalue weighted by atomic mass is 35.5. The van der Waals surface area contributed by atoms with Crippen LogP contribution in [-0.2, 0) is 12.8 Å². The molecule has 0 spiro atoms. The number of hydrogen-bond donors (Lipinski definition) is 2. The summed E-state index contributed by atoms with van der Waals surface area (Å²) in [5, 5.41) is 20.4. The van der Waals surface area contributed by atoms with Crippen LogP contribution in [-0.4, -0.2) is 21.9 Å². The smallest absolute Gasteiger partial charge is 0.363 e. The first-order valence-electron chi connectivity index (χ1n) is 11.4. The Morgan fingerprint density at radius 2 is 1.97 bits per heavy atom. The van der Waals surface area contributed by atoms with E-state index in [1.54, 1.807) is 6.07 Å². The van der Waals surface area contributed by atoms with E-state index in [-0.39, 0.29) is 23.0 Å². The maximum atomic E-state index is 14.0. The zero-order valence-corrected chi connectivity index (χ0v) is 21.1. The SMILES string of the molecule is N#Cc1c(NC(=O)c2cc3n(n2)[C@@H](C(F)(F)F)C[C@H](c2ccc(Cl)c(Cl)c2)N3)sc2c1CCCCC2. The molecule has 5 rings (SSSR count). The molecule has 0 saturated heterocycles. The molecule has 2 N–H and O–H groups in total. The van der Waals surface area contributed by atoms with E-state index in [0.29, 0.717) is 21.2 Å². The van der Waals surface area contributed by atoms with Gasteiger partial charge in [0.05, 0.1) is 21.7 Å². The van der Waals surface area contributed by atoms with Crippen molar-refractivity contribution in [3.63, 3.8) is 0 Å². The summed E-state index contributed by atoms with van der Waals surface area (Å²) in [6, 6.07) is 5.49. The number of aromatic nitrogens is 2. The van der Waals surface area contributed by atoms with Crippen LogP contribution in [0.2, 0.25) is 10.0 Å². The van der Waals surface area contributed by atoms with Gasteiger partial charge in [0, 0.05) is 17.4 Å². The topological polar surface area (TPSA) is 82.7 Å². The first kappa shape index (κ1) is 24.9. The van der Waals surface area contributed by atoms with Gasteiger partial charge in [-0.1, -0.05) is 35.7 Å². The van der Waals surface area contributed by atoms with Gasteiger partial charge < -0.3 is 10.6 Å². The van der Waals surface area contributed by atoms with Crippen molar-refractivity contribution < 1.29 is 18.0 Å². The maximum Gasteiger partial charge on any atom is 0.410 e. The van der Waals surface area contributed by atoms with Crippen LogP contribution in [0.3, 0.4) is 0 Å². The summed E-state index contributed by atoms with van der Waals surface area (Å²) >= 11 is 13.4. The highest BCUT2D eigenvalue weighted by Crippen LogP contribution is 2.44. The average molecular weight is 554 g/mol. The molecule has 3 aromatic rings. The normalized spacial score (nSPS) is 19.4. The molecule has 12 heteroatoms. The van der Waals surface area contributed by atoms with Crippen molar-refractivity contribution in [2.45, 2.75) is 56.8 Å². The molecule has 0 bridgehead atoms. The molecule has 1 aromatic carbocycles. The molecule has 6 nitrogen and oxygen atoms in total. The lowest BCUT2D eigenvalue weighted by Crippen LogP contribution is -2.35. The van der Waals surface area contributed by atoms with E-state index in [9.17, 15) is 23.2 Å². The van der Waals surface area contributed by atoms with Crippen LogP contribution in [0.15, 0.2) is 24.3 Å². The third-order valence-electron chi connectivity index (χ3n) is 6.53. The van der Waals surface area contributed by atoms with E-state index < -0.39 is 24.2 Å². The number of benzene rings is 1. The van der Waals surface area contributed by atoms with Gasteiger partial charge in [0.25, 0.3) is 5.91 Å². The number of thiophene rings is 1. The van der Waals surface area contributed by atoms with Crippen molar-refractivity contribution in [1.29, 1.82) is 5.26 Å². The van der Waals surface area contributed by atoms with Gasteiger partial charge in [-0.15, -0.1) is 11.3 Å². The molecule has 2 atom stereocenters. The van der Waals surface area contributed by atoms with Crippen LogP contribution in [0, 0.1) is 11.3 Å². The zero-order chi connectivity index (χ0) is 25.6. The predicted octanol–water partition coefficient (Wildman–Crippen LogP) is 7.30. The Morgan fingerprint density at radius 3 is 2.69 bits per heavy atom. The number of anilines is 2. The number of aryl methyl sites for hydroxylation is 1. The van der Waals surface area contributed by atoms with Gasteiger partial charge in [-0.05, 0) is 48.9 Å². The summed E-state index contributed by atoms with van der Waals surface area (Å²) in [6.45, 7) is 0. The second kappa shape index (κ2) is 9.61. The highest BCUT2D eigenvalue weighted by molar-refractivity contribution is 7.16. The molecule has 0 radical (unpaired) electrons. The largest absolute Gasteiger partial charge is 0.410 e. The lowest BCUT2D eigenvalue weighted by molar-refractivity contribution is -0.173. The van der Waals surface area contributed by atoms with E-state index >= 15 is 0 Å². The number of carbonyl (C=O) groups is 1. The molecule has 3 heterocycles. The van der Waals surface area contributed by atoms with Crippen LogP contribution >= 0.6 is 34.5 Å². The van der Waals surface area contributed by atoms with Crippen molar-refractivity contribution in [1.82, 2.24) is 9.78 Å². The molecule has 1 amide bonds. The van der Waals surface area contributed by atoms with Crippen molar-refractivity contribution >= 4 is 51.3 Å². The fourth-order valence-corrected chi connectivity index (χ4v) is 6.29. The predicted molar refractivity (Wildman–Crippen MR) is 133 cm³/mol. The molecule has 2 aliphatic rings. The van der Waals surface area contributed by atoms with Gasteiger partial charge in [0.15, 0.2) is 11.7 Å². The van der Waals surface area contributed by atoms with E-state index in [1.165, 1.54) is 29.5 Å². The third-order valence-corrected chi connectivity index (χ3v) is 8.47. The summed E-state index contributed by atoms with van der Waals surface area (Å²) in [5.74, 6) is -0.606. The maximum absolute atomic E-state index is 14.0. The average Bonchev–Trinajstić information content (AvgIpc) is 3.32. The summed E-state index contributed by atoms with van der Waals surface area (Å²) in [7, 11) is 0. The van der Waals surface area contributed by atoms with E-state index in [2.05, 4.69) is 21.8 Å². The summed E-state index contributed by atoms with van der Waals surface area (Å²) in [4.78, 5) is 14.1. The third kappa shape index (κ3) is 4.67. The van der Waals surface area contributed by atoms with Gasteiger partial charge in [-0.25, -0.2) is 4.68 Å². The molecule has 1 aliphatic carbocycles. The highest BCUT2D eigenvalue weighted by Gasteiger charge is 2.47. The summed E-state index contributed by atoms with van der Waals surface area (Å²) in [5.41, 5.74) is 1.76. The monoisotopic (exact) mass is 553 g/mol. The number of hydrogen-bond acceptors (Lipinski definition) is 5. The first-order valence-corrected chi connectivity index (χ1v) is 13.0. The molecule has 0 unspecified atom stereocenters. The molecule has 0 saturated carbocycles. The van der Waals surface area contributed by atoms with Crippen LogP contribution in [0.4, 0.5) is 24.0 Å². The summed E-state index contributed by atoms with van der Waals surface area (Å²) < 4.78 is 42.8. The Balaban J connectivity index is 1.45. The Labute approximate surface area is 219 Å². The van der Waals surface area contributed by atoms with Crippen molar-refractivity contribution in [3.8, 4) is 6.07 Å². The van der Waals surface area contributed by atoms with E-state index in [0.717, 1.165) is 47.2 Å². The number of carbonyl (C=O) groups excluding carboxylic acids is 1. The minimum atomic E-state index is -4.59. The fraction of sp³-hybridized carbons (Fsp3) is 0.375. The van der Waals surface area contributed by atoms with E-state index in [1.807, 2.05) is 0 Å². The van der Waals surface area contributed by atoms with Gasteiger partial charge >= 0.3 is 6.18 Å². The molecule has 2 aromatic heterocycles. The second-order valence-corrected chi connectivity index (χ2v) is 10.8. The number of fused-ring (bicyclic) bond motifs is 2. The van der Waals surface area contributed by atoms with Crippen LogP contribution in [0.5, 0.6) is 0 Å². The minimum absolute atomic E-state index is 0.0623. The number of nitrogens with zero attached hydrogens (tertiary/aromatic N) is 3. The zero-order valence-electron chi connectivity index (χ0n) is 18.8.